The number of methoxy groups -OCH3 is 1. The van der Waals surface area contributed by atoms with Crippen LogP contribution in [0.15, 0.2) is 0 Å². The summed E-state index contributed by atoms with van der Waals surface area (Å²) in [7, 11) is 3.31. The first-order valence-electron chi connectivity index (χ1n) is 7.21. The lowest BCUT2D eigenvalue weighted by atomic mass is 9.87. The number of ketones is 1. The topological polar surface area (TPSA) is 46.6 Å². The van der Waals surface area contributed by atoms with Crippen molar-refractivity contribution >= 4 is 11.8 Å². The molecule has 4 nitrogen and oxygen atoms in total. The zero-order valence-electron chi connectivity index (χ0n) is 12.7. The molecule has 1 fully saturated rings. The molecule has 0 aliphatic heterocycles. The summed E-state index contributed by atoms with van der Waals surface area (Å²) < 4.78 is 4.70. The number of hydrogen-bond acceptors (Lipinski definition) is 4. The van der Waals surface area contributed by atoms with Crippen molar-refractivity contribution in [1.82, 2.24) is 4.90 Å². The average Bonchev–Trinajstić information content (AvgIpc) is 2.66. The van der Waals surface area contributed by atoms with Gasteiger partial charge in [0, 0.05) is 6.04 Å². The van der Waals surface area contributed by atoms with Crippen molar-refractivity contribution in [3.63, 3.8) is 0 Å². The minimum Gasteiger partial charge on any atom is -0.468 e. The van der Waals surface area contributed by atoms with Gasteiger partial charge in [-0.05, 0) is 33.7 Å². The highest BCUT2D eigenvalue weighted by Gasteiger charge is 2.37. The van der Waals surface area contributed by atoms with Gasteiger partial charge in [-0.3, -0.25) is 14.5 Å². The van der Waals surface area contributed by atoms with Crippen LogP contribution in [0.4, 0.5) is 0 Å². The molecule has 19 heavy (non-hydrogen) atoms. The molecule has 110 valence electrons. The Morgan fingerprint density at radius 1 is 1.16 bits per heavy atom. The summed E-state index contributed by atoms with van der Waals surface area (Å²) >= 11 is 0. The van der Waals surface area contributed by atoms with E-state index >= 15 is 0 Å². The number of Topliss-reactive ketones (excluding diaryl/α,β-unsaturated/α-hetero) is 1. The van der Waals surface area contributed by atoms with Gasteiger partial charge in [0.1, 0.15) is 5.41 Å². The maximum Gasteiger partial charge on any atom is 0.318 e. The Bertz CT molecular complexity index is 317. The molecular formula is C15H27NO3. The van der Waals surface area contributed by atoms with E-state index in [2.05, 4.69) is 4.90 Å². The maximum absolute atomic E-state index is 12.3. The van der Waals surface area contributed by atoms with Crippen LogP contribution < -0.4 is 0 Å². The van der Waals surface area contributed by atoms with Crippen molar-refractivity contribution in [3.05, 3.63) is 0 Å². The summed E-state index contributed by atoms with van der Waals surface area (Å²) in [5.74, 6) is -0.516. The smallest absolute Gasteiger partial charge is 0.318 e. The number of likely N-dealkylation sites (N-methyl/N-ethyl adjacent to an activating group) is 1. The minimum absolute atomic E-state index is 0.0638. The third-order valence-electron chi connectivity index (χ3n) is 4.23. The second-order valence-electron chi connectivity index (χ2n) is 6.10. The standard InChI is InChI=1S/C15H27NO3/c1-15(2,14(18)19-4)13(17)11-16(3)12-9-7-5-6-8-10-12/h12H,5-11H2,1-4H3. The Morgan fingerprint density at radius 2 is 1.68 bits per heavy atom. The van der Waals surface area contributed by atoms with E-state index in [1.807, 2.05) is 7.05 Å². The quantitative estimate of drug-likeness (QED) is 0.437. The van der Waals surface area contributed by atoms with Gasteiger partial charge in [-0.15, -0.1) is 0 Å². The maximum atomic E-state index is 12.3. The van der Waals surface area contributed by atoms with Crippen LogP contribution in [0.5, 0.6) is 0 Å². The van der Waals surface area contributed by atoms with Crippen LogP contribution in [-0.4, -0.2) is 43.4 Å². The predicted octanol–water partition coefficient (Wildman–Crippen LogP) is 2.41. The van der Waals surface area contributed by atoms with Crippen LogP contribution >= 0.6 is 0 Å². The molecule has 1 aliphatic rings. The van der Waals surface area contributed by atoms with Gasteiger partial charge in [0.2, 0.25) is 0 Å². The number of carbonyl (C=O) groups excluding carboxylic acids is 2. The number of carbonyl (C=O) groups is 2. The van der Waals surface area contributed by atoms with Crippen molar-refractivity contribution in [3.8, 4) is 0 Å². The highest BCUT2D eigenvalue weighted by atomic mass is 16.5. The second kappa shape index (κ2) is 7.04. The monoisotopic (exact) mass is 269 g/mol. The lowest BCUT2D eigenvalue weighted by Gasteiger charge is -2.29. The van der Waals surface area contributed by atoms with E-state index in [1.165, 1.54) is 32.8 Å². The van der Waals surface area contributed by atoms with Gasteiger partial charge in [-0.2, -0.15) is 0 Å². The second-order valence-corrected chi connectivity index (χ2v) is 6.10. The summed E-state index contributed by atoms with van der Waals surface area (Å²) in [5, 5.41) is 0. The number of nitrogens with zero attached hydrogens (tertiary/aromatic N) is 1. The summed E-state index contributed by atoms with van der Waals surface area (Å²) in [6, 6.07) is 0.472. The molecular weight excluding hydrogens is 242 g/mol. The molecule has 1 aliphatic carbocycles. The number of rotatable bonds is 5. The molecule has 4 heteroatoms. The predicted molar refractivity (Wildman–Crippen MR) is 74.9 cm³/mol. The van der Waals surface area contributed by atoms with Crippen LogP contribution in [0.2, 0.25) is 0 Å². The molecule has 0 amide bonds. The first kappa shape index (κ1) is 16.2. The molecule has 0 N–H and O–H groups in total. The van der Waals surface area contributed by atoms with Crippen molar-refractivity contribution in [2.45, 2.75) is 58.4 Å². The molecule has 0 aromatic carbocycles. The molecule has 0 aromatic heterocycles. The fourth-order valence-corrected chi connectivity index (χ4v) is 2.62. The molecule has 0 spiro atoms. The SMILES string of the molecule is COC(=O)C(C)(C)C(=O)CN(C)C1CCCCCC1. The molecule has 0 unspecified atom stereocenters. The summed E-state index contributed by atoms with van der Waals surface area (Å²) in [6.45, 7) is 3.61. The van der Waals surface area contributed by atoms with Crippen LogP contribution in [0, 0.1) is 5.41 Å². The van der Waals surface area contributed by atoms with Crippen LogP contribution in [0.25, 0.3) is 0 Å². The van der Waals surface area contributed by atoms with Gasteiger partial charge in [-0.1, -0.05) is 25.7 Å². The number of hydrogen-bond donors (Lipinski definition) is 0. The first-order chi connectivity index (χ1) is 8.89. The zero-order valence-corrected chi connectivity index (χ0v) is 12.7. The third kappa shape index (κ3) is 4.30. The molecule has 0 heterocycles. The van der Waals surface area contributed by atoms with Crippen LogP contribution in [0.1, 0.15) is 52.4 Å². The Morgan fingerprint density at radius 3 is 2.16 bits per heavy atom. The van der Waals surface area contributed by atoms with E-state index in [0.29, 0.717) is 12.6 Å². The van der Waals surface area contributed by atoms with E-state index in [9.17, 15) is 9.59 Å². The normalized spacial score (nSPS) is 18.2. The van der Waals surface area contributed by atoms with E-state index in [-0.39, 0.29) is 5.78 Å². The molecule has 1 rings (SSSR count). The van der Waals surface area contributed by atoms with Crippen molar-refractivity contribution in [2.24, 2.45) is 5.41 Å². The van der Waals surface area contributed by atoms with Crippen LogP contribution in [-0.2, 0) is 14.3 Å². The zero-order chi connectivity index (χ0) is 14.5. The molecule has 0 radical (unpaired) electrons. The highest BCUT2D eigenvalue weighted by molar-refractivity contribution is 6.03. The van der Waals surface area contributed by atoms with Gasteiger partial charge < -0.3 is 4.74 Å². The van der Waals surface area contributed by atoms with Crippen molar-refractivity contribution < 1.29 is 14.3 Å². The van der Waals surface area contributed by atoms with Crippen molar-refractivity contribution in [2.75, 3.05) is 20.7 Å². The van der Waals surface area contributed by atoms with Gasteiger partial charge in [0.05, 0.1) is 13.7 Å². The van der Waals surface area contributed by atoms with E-state index in [0.717, 1.165) is 12.8 Å². The van der Waals surface area contributed by atoms with Crippen LogP contribution in [0.3, 0.4) is 0 Å². The lowest BCUT2D eigenvalue weighted by molar-refractivity contribution is -0.156. The van der Waals surface area contributed by atoms with E-state index in [4.69, 9.17) is 4.74 Å². The van der Waals surface area contributed by atoms with Gasteiger partial charge in [0.15, 0.2) is 5.78 Å². The molecule has 0 saturated heterocycles. The lowest BCUT2D eigenvalue weighted by Crippen LogP contribution is -2.43. The van der Waals surface area contributed by atoms with E-state index < -0.39 is 11.4 Å². The minimum atomic E-state index is -1.05. The summed E-state index contributed by atoms with van der Waals surface area (Å²) in [5.41, 5.74) is -1.05. The molecule has 1 saturated carbocycles. The molecule has 0 bridgehead atoms. The Hall–Kier alpha value is -0.900. The Labute approximate surface area is 116 Å². The van der Waals surface area contributed by atoms with Gasteiger partial charge >= 0.3 is 5.97 Å². The van der Waals surface area contributed by atoms with Crippen molar-refractivity contribution in [1.29, 1.82) is 0 Å². The molecule has 0 atom stereocenters. The molecule has 0 aromatic rings. The average molecular weight is 269 g/mol. The fourth-order valence-electron chi connectivity index (χ4n) is 2.62. The Kier molecular flexibility index (Phi) is 5.98. The Balaban J connectivity index is 2.57. The number of esters is 1. The first-order valence-corrected chi connectivity index (χ1v) is 7.21. The largest absolute Gasteiger partial charge is 0.468 e. The summed E-state index contributed by atoms with van der Waals surface area (Å²) in [4.78, 5) is 26.0. The fraction of sp³-hybridized carbons (Fsp3) is 0.867. The van der Waals surface area contributed by atoms with E-state index in [1.54, 1.807) is 13.8 Å². The van der Waals surface area contributed by atoms with Gasteiger partial charge in [-0.25, -0.2) is 0 Å². The number of ether oxygens (including phenoxy) is 1. The van der Waals surface area contributed by atoms with Gasteiger partial charge in [0.25, 0.3) is 0 Å². The highest BCUT2D eigenvalue weighted by Crippen LogP contribution is 2.23. The summed E-state index contributed by atoms with van der Waals surface area (Å²) in [6.07, 6.45) is 7.38. The third-order valence-corrected chi connectivity index (χ3v) is 4.23.